The highest BCUT2D eigenvalue weighted by Crippen LogP contribution is 2.24. The van der Waals surface area contributed by atoms with E-state index in [9.17, 15) is 15.0 Å². The molecule has 5 nitrogen and oxygen atoms in total. The Morgan fingerprint density at radius 2 is 2.15 bits per heavy atom. The molecule has 1 fully saturated rings. The molecular weight excluding hydrogens is 256 g/mol. The monoisotopic (exact) mass is 278 g/mol. The molecule has 20 heavy (non-hydrogen) atoms. The molecule has 110 valence electrons. The zero-order valence-electron chi connectivity index (χ0n) is 12.2. The molecule has 0 aliphatic carbocycles. The van der Waals surface area contributed by atoms with Crippen LogP contribution in [0.25, 0.3) is 0 Å². The number of aliphatic hydroxyl groups is 2. The van der Waals surface area contributed by atoms with Gasteiger partial charge in [-0.2, -0.15) is 0 Å². The molecule has 1 heterocycles. The molecule has 0 saturated carbocycles. The Labute approximate surface area is 119 Å². The first-order chi connectivity index (χ1) is 9.31. The van der Waals surface area contributed by atoms with Crippen molar-refractivity contribution in [1.82, 2.24) is 4.90 Å². The highest BCUT2D eigenvalue weighted by atomic mass is 16.3. The van der Waals surface area contributed by atoms with Gasteiger partial charge in [0.15, 0.2) is 0 Å². The molecule has 0 spiro atoms. The second-order valence-corrected chi connectivity index (χ2v) is 5.82. The number of benzene rings is 1. The summed E-state index contributed by atoms with van der Waals surface area (Å²) in [5.74, 6) is -0.108. The Kier molecular flexibility index (Phi) is 4.01. The van der Waals surface area contributed by atoms with Gasteiger partial charge in [-0.3, -0.25) is 4.79 Å². The molecule has 0 aromatic heterocycles. The number of likely N-dealkylation sites (tertiary alicyclic amines) is 1. The van der Waals surface area contributed by atoms with Crippen LogP contribution < -0.4 is 4.90 Å². The van der Waals surface area contributed by atoms with Gasteiger partial charge >= 0.3 is 0 Å². The Balaban J connectivity index is 2.14. The number of nitrogens with zero attached hydrogens (tertiary/aromatic N) is 2. The van der Waals surface area contributed by atoms with Crippen LogP contribution >= 0.6 is 0 Å². The zero-order valence-corrected chi connectivity index (χ0v) is 12.2. The van der Waals surface area contributed by atoms with Gasteiger partial charge in [0.1, 0.15) is 0 Å². The average Bonchev–Trinajstić information content (AvgIpc) is 2.41. The van der Waals surface area contributed by atoms with Gasteiger partial charge in [-0.05, 0) is 31.5 Å². The Morgan fingerprint density at radius 1 is 1.45 bits per heavy atom. The van der Waals surface area contributed by atoms with E-state index >= 15 is 0 Å². The van der Waals surface area contributed by atoms with E-state index in [1.807, 2.05) is 37.2 Å². The van der Waals surface area contributed by atoms with Gasteiger partial charge in [-0.1, -0.05) is 6.07 Å². The van der Waals surface area contributed by atoms with Crippen LogP contribution in [0.5, 0.6) is 0 Å². The molecule has 1 amide bonds. The van der Waals surface area contributed by atoms with Gasteiger partial charge in [-0.15, -0.1) is 0 Å². The van der Waals surface area contributed by atoms with Crippen molar-refractivity contribution < 1.29 is 15.0 Å². The summed E-state index contributed by atoms with van der Waals surface area (Å²) in [5, 5.41) is 19.8. The van der Waals surface area contributed by atoms with E-state index in [1.165, 1.54) is 0 Å². The number of carbonyl (C=O) groups excluding carboxylic acids is 1. The first-order valence-electron chi connectivity index (χ1n) is 6.78. The molecular formula is C15H22N2O3. The molecule has 1 aromatic rings. The van der Waals surface area contributed by atoms with Crippen LogP contribution in [0, 0.1) is 0 Å². The largest absolute Gasteiger partial charge is 0.388 e. The van der Waals surface area contributed by atoms with Crippen LogP contribution in [0.1, 0.15) is 23.7 Å². The summed E-state index contributed by atoms with van der Waals surface area (Å²) in [6.07, 6.45) is -0.523. The van der Waals surface area contributed by atoms with Crippen LogP contribution in [-0.4, -0.2) is 59.9 Å². The van der Waals surface area contributed by atoms with Crippen LogP contribution in [0.3, 0.4) is 0 Å². The predicted octanol–water partition coefficient (Wildman–Crippen LogP) is 0.710. The topological polar surface area (TPSA) is 64.0 Å². The van der Waals surface area contributed by atoms with Gasteiger partial charge in [0.25, 0.3) is 5.91 Å². The number of aliphatic hydroxyl groups excluding tert-OH is 1. The number of piperidine rings is 1. The van der Waals surface area contributed by atoms with Crippen molar-refractivity contribution in [3.05, 3.63) is 29.8 Å². The quantitative estimate of drug-likeness (QED) is 0.836. The minimum Gasteiger partial charge on any atom is -0.388 e. The van der Waals surface area contributed by atoms with Crippen LogP contribution in [-0.2, 0) is 0 Å². The number of rotatable bonds is 2. The van der Waals surface area contributed by atoms with Crippen molar-refractivity contribution >= 4 is 11.6 Å². The SMILES string of the molecule is CN(C)c1cccc(C(=O)N2CCC(C)(O)C(O)C2)c1. The highest BCUT2D eigenvalue weighted by Gasteiger charge is 2.38. The predicted molar refractivity (Wildman–Crippen MR) is 77.9 cm³/mol. The summed E-state index contributed by atoms with van der Waals surface area (Å²) in [6, 6.07) is 7.39. The zero-order chi connectivity index (χ0) is 14.9. The number of carbonyl (C=O) groups is 1. The van der Waals surface area contributed by atoms with Gasteiger partial charge in [-0.25, -0.2) is 0 Å². The molecule has 1 saturated heterocycles. The van der Waals surface area contributed by atoms with Crippen LogP contribution in [0.2, 0.25) is 0 Å². The van der Waals surface area contributed by atoms with E-state index in [2.05, 4.69) is 0 Å². The molecule has 0 radical (unpaired) electrons. The van der Waals surface area contributed by atoms with E-state index in [0.717, 1.165) is 5.69 Å². The molecule has 2 unspecified atom stereocenters. The van der Waals surface area contributed by atoms with Crippen molar-refractivity contribution in [1.29, 1.82) is 0 Å². The standard InChI is InChI=1S/C15H22N2O3/c1-15(20)7-8-17(10-13(15)18)14(19)11-5-4-6-12(9-11)16(2)3/h4-6,9,13,18,20H,7-8,10H2,1-3H3. The second-order valence-electron chi connectivity index (χ2n) is 5.82. The fourth-order valence-electron chi connectivity index (χ4n) is 2.31. The van der Waals surface area contributed by atoms with Crippen molar-refractivity contribution in [3.8, 4) is 0 Å². The van der Waals surface area contributed by atoms with Crippen molar-refractivity contribution in [2.24, 2.45) is 0 Å². The molecule has 1 aliphatic rings. The van der Waals surface area contributed by atoms with E-state index in [0.29, 0.717) is 18.5 Å². The maximum atomic E-state index is 12.4. The lowest BCUT2D eigenvalue weighted by molar-refractivity contribution is -0.0999. The lowest BCUT2D eigenvalue weighted by Gasteiger charge is -2.40. The lowest BCUT2D eigenvalue weighted by atomic mass is 9.90. The van der Waals surface area contributed by atoms with Crippen molar-refractivity contribution in [3.63, 3.8) is 0 Å². The summed E-state index contributed by atoms with van der Waals surface area (Å²) in [7, 11) is 3.84. The molecule has 0 bridgehead atoms. The van der Waals surface area contributed by atoms with Crippen LogP contribution in [0.4, 0.5) is 5.69 Å². The van der Waals surface area contributed by atoms with E-state index in [-0.39, 0.29) is 12.5 Å². The summed E-state index contributed by atoms with van der Waals surface area (Å²) >= 11 is 0. The number of anilines is 1. The van der Waals surface area contributed by atoms with E-state index in [1.54, 1.807) is 17.9 Å². The average molecular weight is 278 g/mol. The Hall–Kier alpha value is -1.59. The minimum absolute atomic E-state index is 0.108. The van der Waals surface area contributed by atoms with E-state index in [4.69, 9.17) is 0 Å². The summed E-state index contributed by atoms with van der Waals surface area (Å²) in [5.41, 5.74) is 0.452. The second kappa shape index (κ2) is 5.42. The van der Waals surface area contributed by atoms with Gasteiger partial charge in [0, 0.05) is 38.4 Å². The number of hydrogen-bond acceptors (Lipinski definition) is 4. The maximum Gasteiger partial charge on any atom is 0.254 e. The molecule has 1 aliphatic heterocycles. The van der Waals surface area contributed by atoms with Crippen molar-refractivity contribution in [2.75, 3.05) is 32.1 Å². The Bertz CT molecular complexity index is 500. The molecule has 5 heteroatoms. The molecule has 2 rings (SSSR count). The number of hydrogen-bond donors (Lipinski definition) is 2. The summed E-state index contributed by atoms with van der Waals surface area (Å²) < 4.78 is 0. The third-order valence-corrected chi connectivity index (χ3v) is 3.90. The maximum absolute atomic E-state index is 12.4. The van der Waals surface area contributed by atoms with Gasteiger partial charge in [0.2, 0.25) is 0 Å². The molecule has 1 aromatic carbocycles. The van der Waals surface area contributed by atoms with Crippen molar-refractivity contribution in [2.45, 2.75) is 25.0 Å². The third-order valence-electron chi connectivity index (χ3n) is 3.90. The van der Waals surface area contributed by atoms with Crippen LogP contribution in [0.15, 0.2) is 24.3 Å². The first-order valence-corrected chi connectivity index (χ1v) is 6.78. The lowest BCUT2D eigenvalue weighted by Crippen LogP contribution is -2.55. The van der Waals surface area contributed by atoms with Gasteiger partial charge in [0.05, 0.1) is 11.7 Å². The van der Waals surface area contributed by atoms with Gasteiger partial charge < -0.3 is 20.0 Å². The number of β-amino-alcohol motifs (C(OH)–C–C–N with tert-alkyl or cyclic N) is 1. The first kappa shape index (κ1) is 14.8. The molecule has 2 N–H and O–H groups in total. The molecule has 2 atom stereocenters. The summed E-state index contributed by atoms with van der Waals surface area (Å²) in [6.45, 7) is 2.22. The minimum atomic E-state index is -1.11. The number of amides is 1. The summed E-state index contributed by atoms with van der Waals surface area (Å²) in [4.78, 5) is 16.0. The third kappa shape index (κ3) is 2.94. The fourth-order valence-corrected chi connectivity index (χ4v) is 2.31. The highest BCUT2D eigenvalue weighted by molar-refractivity contribution is 5.95. The van der Waals surface area contributed by atoms with E-state index < -0.39 is 11.7 Å². The fraction of sp³-hybridized carbons (Fsp3) is 0.533. The normalized spacial score (nSPS) is 26.4. The smallest absolute Gasteiger partial charge is 0.254 e. The Morgan fingerprint density at radius 3 is 2.75 bits per heavy atom.